The molecule has 0 saturated carbocycles. The summed E-state index contributed by atoms with van der Waals surface area (Å²) in [7, 11) is 0. The molecular formula is C9H11N3OS. The van der Waals surface area contributed by atoms with E-state index < -0.39 is 0 Å². The molecule has 14 heavy (non-hydrogen) atoms. The first-order valence-corrected chi connectivity index (χ1v) is 5.36. The normalized spacial score (nSPS) is 19.9. The van der Waals surface area contributed by atoms with Gasteiger partial charge in [-0.3, -0.25) is 4.79 Å². The fourth-order valence-corrected chi connectivity index (χ4v) is 1.95. The highest BCUT2D eigenvalue weighted by Crippen LogP contribution is 2.21. The Morgan fingerprint density at radius 3 is 3.29 bits per heavy atom. The Labute approximate surface area is 86.2 Å². The van der Waals surface area contributed by atoms with Crippen molar-refractivity contribution >= 4 is 22.4 Å². The topological polar surface area (TPSA) is 54.9 Å². The molecule has 74 valence electrons. The summed E-state index contributed by atoms with van der Waals surface area (Å²) in [5.74, 6) is 0.462. The highest BCUT2D eigenvalue weighted by Gasteiger charge is 2.14. The molecule has 2 rings (SSSR count). The summed E-state index contributed by atoms with van der Waals surface area (Å²) in [6, 6.07) is 0. The minimum Gasteiger partial charge on any atom is -0.315 e. The SMILES string of the molecule is O=C(CC1C=CCC1)Nc1cnns1. The van der Waals surface area contributed by atoms with Crippen LogP contribution in [0.1, 0.15) is 19.3 Å². The second kappa shape index (κ2) is 4.32. The number of anilines is 1. The number of nitrogens with one attached hydrogen (secondary N) is 1. The van der Waals surface area contributed by atoms with Gasteiger partial charge in [0.1, 0.15) is 5.00 Å². The second-order valence-corrected chi connectivity index (χ2v) is 4.09. The van der Waals surface area contributed by atoms with Crippen molar-refractivity contribution in [2.24, 2.45) is 5.92 Å². The first-order valence-electron chi connectivity index (χ1n) is 4.58. The van der Waals surface area contributed by atoms with Gasteiger partial charge in [0.2, 0.25) is 5.91 Å². The summed E-state index contributed by atoms with van der Waals surface area (Å²) in [5, 5.41) is 7.14. The summed E-state index contributed by atoms with van der Waals surface area (Å²) in [6.45, 7) is 0. The van der Waals surface area contributed by atoms with Crippen LogP contribution in [0.25, 0.3) is 0 Å². The first-order chi connectivity index (χ1) is 6.84. The third kappa shape index (κ3) is 2.38. The standard InChI is InChI=1S/C9H11N3OS/c13-8(5-7-3-1-2-4-7)11-9-6-10-12-14-9/h1,3,6-7H,2,4-5H2,(H,11,13). The molecule has 0 saturated heterocycles. The predicted octanol–water partition coefficient (Wildman–Crippen LogP) is 1.83. The van der Waals surface area contributed by atoms with Crippen LogP contribution in [0.15, 0.2) is 18.3 Å². The zero-order valence-electron chi connectivity index (χ0n) is 7.64. The number of carbonyl (C=O) groups is 1. The molecule has 0 radical (unpaired) electrons. The molecule has 4 nitrogen and oxygen atoms in total. The van der Waals surface area contributed by atoms with Crippen LogP contribution in [0.3, 0.4) is 0 Å². The van der Waals surface area contributed by atoms with Gasteiger partial charge < -0.3 is 5.32 Å². The molecule has 1 N–H and O–H groups in total. The van der Waals surface area contributed by atoms with Crippen molar-refractivity contribution < 1.29 is 4.79 Å². The van der Waals surface area contributed by atoms with E-state index in [4.69, 9.17) is 0 Å². The zero-order chi connectivity index (χ0) is 9.80. The summed E-state index contributed by atoms with van der Waals surface area (Å²) in [5.41, 5.74) is 0. The Hall–Kier alpha value is -1.23. The molecular weight excluding hydrogens is 198 g/mol. The molecule has 1 aromatic rings. The van der Waals surface area contributed by atoms with Crippen LogP contribution in [-0.2, 0) is 4.79 Å². The number of hydrogen-bond donors (Lipinski definition) is 1. The van der Waals surface area contributed by atoms with Crippen molar-refractivity contribution in [3.63, 3.8) is 0 Å². The molecule has 1 amide bonds. The molecule has 1 aliphatic rings. The molecule has 1 aromatic heterocycles. The monoisotopic (exact) mass is 209 g/mol. The molecule has 0 bridgehead atoms. The molecule has 0 fully saturated rings. The second-order valence-electron chi connectivity index (χ2n) is 3.30. The Balaban J connectivity index is 1.81. The van der Waals surface area contributed by atoms with Gasteiger partial charge in [0.05, 0.1) is 6.20 Å². The number of hydrogen-bond acceptors (Lipinski definition) is 4. The smallest absolute Gasteiger partial charge is 0.225 e. The molecule has 0 spiro atoms. The van der Waals surface area contributed by atoms with Gasteiger partial charge in [-0.2, -0.15) is 0 Å². The van der Waals surface area contributed by atoms with E-state index >= 15 is 0 Å². The van der Waals surface area contributed by atoms with E-state index in [1.165, 1.54) is 11.5 Å². The van der Waals surface area contributed by atoms with Gasteiger partial charge in [-0.25, -0.2) is 0 Å². The minimum absolute atomic E-state index is 0.0487. The number of aromatic nitrogens is 2. The molecule has 1 heterocycles. The Bertz CT molecular complexity index is 334. The first kappa shape index (κ1) is 9.33. The molecule has 1 unspecified atom stereocenters. The maximum atomic E-state index is 11.5. The van der Waals surface area contributed by atoms with Gasteiger partial charge in [-0.15, -0.1) is 5.10 Å². The number of carbonyl (C=O) groups excluding carboxylic acids is 1. The number of allylic oxidation sites excluding steroid dienone is 2. The summed E-state index contributed by atoms with van der Waals surface area (Å²) in [6.07, 6.45) is 8.56. The van der Waals surface area contributed by atoms with Crippen molar-refractivity contribution in [3.05, 3.63) is 18.3 Å². The highest BCUT2D eigenvalue weighted by atomic mass is 32.1. The Morgan fingerprint density at radius 1 is 1.71 bits per heavy atom. The van der Waals surface area contributed by atoms with Crippen LogP contribution in [0.5, 0.6) is 0 Å². The maximum Gasteiger partial charge on any atom is 0.225 e. The fraction of sp³-hybridized carbons (Fsp3) is 0.444. The van der Waals surface area contributed by atoms with Crippen LogP contribution < -0.4 is 5.32 Å². The Kier molecular flexibility index (Phi) is 2.88. The van der Waals surface area contributed by atoms with Crippen LogP contribution in [0.2, 0.25) is 0 Å². The van der Waals surface area contributed by atoms with Crippen molar-refractivity contribution in [1.82, 2.24) is 9.59 Å². The number of amides is 1. The lowest BCUT2D eigenvalue weighted by atomic mass is 10.1. The van der Waals surface area contributed by atoms with Gasteiger partial charge >= 0.3 is 0 Å². The third-order valence-electron chi connectivity index (χ3n) is 2.18. The van der Waals surface area contributed by atoms with E-state index in [0.717, 1.165) is 17.8 Å². The maximum absolute atomic E-state index is 11.5. The van der Waals surface area contributed by atoms with Gasteiger partial charge in [0.25, 0.3) is 0 Å². The highest BCUT2D eigenvalue weighted by molar-refractivity contribution is 7.10. The van der Waals surface area contributed by atoms with Gasteiger partial charge in [0, 0.05) is 18.0 Å². The quantitative estimate of drug-likeness (QED) is 0.773. The molecule has 1 atom stereocenters. The number of nitrogens with zero attached hydrogens (tertiary/aromatic N) is 2. The van der Waals surface area contributed by atoms with Crippen molar-refractivity contribution in [1.29, 1.82) is 0 Å². The van der Waals surface area contributed by atoms with E-state index in [9.17, 15) is 4.79 Å². The minimum atomic E-state index is 0.0487. The lowest BCUT2D eigenvalue weighted by molar-refractivity contribution is -0.116. The average Bonchev–Trinajstić information content (AvgIpc) is 2.76. The van der Waals surface area contributed by atoms with E-state index in [1.807, 2.05) is 0 Å². The molecule has 0 aromatic carbocycles. The Morgan fingerprint density at radius 2 is 2.64 bits per heavy atom. The summed E-state index contributed by atoms with van der Waals surface area (Å²) < 4.78 is 3.67. The van der Waals surface area contributed by atoms with Gasteiger partial charge in [-0.05, 0) is 18.8 Å². The van der Waals surface area contributed by atoms with E-state index in [-0.39, 0.29) is 5.91 Å². The third-order valence-corrected chi connectivity index (χ3v) is 2.76. The number of rotatable bonds is 3. The van der Waals surface area contributed by atoms with E-state index in [2.05, 4.69) is 27.1 Å². The average molecular weight is 209 g/mol. The van der Waals surface area contributed by atoms with E-state index in [1.54, 1.807) is 6.20 Å². The lowest BCUT2D eigenvalue weighted by Crippen LogP contribution is -2.13. The van der Waals surface area contributed by atoms with Crippen LogP contribution in [-0.4, -0.2) is 15.5 Å². The fourth-order valence-electron chi connectivity index (χ4n) is 1.51. The summed E-state index contributed by atoms with van der Waals surface area (Å²) >= 11 is 1.20. The molecule has 5 heteroatoms. The van der Waals surface area contributed by atoms with Crippen LogP contribution >= 0.6 is 11.5 Å². The zero-order valence-corrected chi connectivity index (χ0v) is 8.46. The van der Waals surface area contributed by atoms with Crippen molar-refractivity contribution in [2.75, 3.05) is 5.32 Å². The predicted molar refractivity (Wildman–Crippen MR) is 55.0 cm³/mol. The van der Waals surface area contributed by atoms with Crippen LogP contribution in [0, 0.1) is 5.92 Å². The molecule has 0 aliphatic heterocycles. The van der Waals surface area contributed by atoms with E-state index in [0.29, 0.717) is 12.3 Å². The lowest BCUT2D eigenvalue weighted by Gasteiger charge is -2.05. The van der Waals surface area contributed by atoms with Crippen molar-refractivity contribution in [3.8, 4) is 0 Å². The van der Waals surface area contributed by atoms with Gasteiger partial charge in [-0.1, -0.05) is 16.6 Å². The molecule has 1 aliphatic carbocycles. The van der Waals surface area contributed by atoms with Crippen LogP contribution in [0.4, 0.5) is 5.00 Å². The largest absolute Gasteiger partial charge is 0.315 e. The van der Waals surface area contributed by atoms with Crippen molar-refractivity contribution in [2.45, 2.75) is 19.3 Å². The van der Waals surface area contributed by atoms with Gasteiger partial charge in [0.15, 0.2) is 0 Å². The summed E-state index contributed by atoms with van der Waals surface area (Å²) in [4.78, 5) is 11.5.